The minimum absolute atomic E-state index is 0.224. The van der Waals surface area contributed by atoms with Gasteiger partial charge in [-0.1, -0.05) is 67.9 Å². The van der Waals surface area contributed by atoms with Crippen molar-refractivity contribution in [2.45, 2.75) is 45.4 Å². The van der Waals surface area contributed by atoms with Crippen LogP contribution in [0.15, 0.2) is 78.9 Å². The third kappa shape index (κ3) is 4.91. The van der Waals surface area contributed by atoms with E-state index in [4.69, 9.17) is 14.3 Å². The topological polar surface area (TPSA) is 68.3 Å². The maximum absolute atomic E-state index is 13.8. The van der Waals surface area contributed by atoms with Gasteiger partial charge in [-0.2, -0.15) is 0 Å². The van der Waals surface area contributed by atoms with E-state index < -0.39 is 18.1 Å². The number of hydrogen-bond donors (Lipinski definition) is 0. The predicted octanol–water partition coefficient (Wildman–Crippen LogP) is 5.31. The Balaban J connectivity index is 1.51. The van der Waals surface area contributed by atoms with Crippen LogP contribution in [0, 0.1) is 5.92 Å². The van der Waals surface area contributed by atoms with Crippen LogP contribution in [0.25, 0.3) is 0 Å². The van der Waals surface area contributed by atoms with Crippen LogP contribution in [0.3, 0.4) is 0 Å². The summed E-state index contributed by atoms with van der Waals surface area (Å²) in [5, 5.41) is 1.70. The predicted molar refractivity (Wildman–Crippen MR) is 140 cm³/mol. The first-order valence-electron chi connectivity index (χ1n) is 12.9. The van der Waals surface area contributed by atoms with Crippen molar-refractivity contribution in [2.24, 2.45) is 5.92 Å². The SMILES string of the molecule is CCCCOc1ccc([C@H]2[C@@H]3C(=O)N(Cc4ccccc4)C(=O)[C@H]3ON2c2ccccc2)cc1OCC. The van der Waals surface area contributed by atoms with Crippen LogP contribution >= 0.6 is 0 Å². The molecule has 0 radical (unpaired) electrons. The molecular weight excluding hydrogens is 468 g/mol. The number of unbranched alkanes of at least 4 members (excludes halogenated alkanes) is 1. The molecule has 2 heterocycles. The summed E-state index contributed by atoms with van der Waals surface area (Å²) in [5.41, 5.74) is 2.50. The number of nitrogens with zero attached hydrogens (tertiary/aromatic N) is 2. The summed E-state index contributed by atoms with van der Waals surface area (Å²) in [6.45, 7) is 5.34. The lowest BCUT2D eigenvalue weighted by Crippen LogP contribution is -2.36. The third-order valence-electron chi connectivity index (χ3n) is 6.77. The molecule has 0 aliphatic carbocycles. The Bertz CT molecular complexity index is 1230. The lowest BCUT2D eigenvalue weighted by molar-refractivity contribution is -0.143. The molecule has 7 nitrogen and oxygen atoms in total. The van der Waals surface area contributed by atoms with Gasteiger partial charge in [-0.3, -0.25) is 19.3 Å². The fourth-order valence-electron chi connectivity index (χ4n) is 4.95. The highest BCUT2D eigenvalue weighted by Gasteiger charge is 2.59. The molecule has 2 fully saturated rings. The monoisotopic (exact) mass is 500 g/mol. The molecule has 0 spiro atoms. The van der Waals surface area contributed by atoms with Crippen molar-refractivity contribution >= 4 is 17.5 Å². The van der Waals surface area contributed by atoms with Gasteiger partial charge in [-0.05, 0) is 48.7 Å². The van der Waals surface area contributed by atoms with Crippen LogP contribution in [0.2, 0.25) is 0 Å². The van der Waals surface area contributed by atoms with E-state index in [-0.39, 0.29) is 18.4 Å². The number of para-hydroxylation sites is 1. The van der Waals surface area contributed by atoms with Gasteiger partial charge in [0.2, 0.25) is 5.91 Å². The van der Waals surface area contributed by atoms with Crippen LogP contribution in [0.5, 0.6) is 11.5 Å². The van der Waals surface area contributed by atoms with E-state index >= 15 is 0 Å². The minimum Gasteiger partial charge on any atom is -0.490 e. The second-order valence-electron chi connectivity index (χ2n) is 9.25. The van der Waals surface area contributed by atoms with E-state index in [0.29, 0.717) is 24.7 Å². The third-order valence-corrected chi connectivity index (χ3v) is 6.77. The number of likely N-dealkylation sites (tertiary alicyclic amines) is 1. The summed E-state index contributed by atoms with van der Waals surface area (Å²) in [6, 6.07) is 24.3. The van der Waals surface area contributed by atoms with E-state index in [1.165, 1.54) is 4.90 Å². The van der Waals surface area contributed by atoms with Gasteiger partial charge in [-0.25, -0.2) is 5.06 Å². The quantitative estimate of drug-likeness (QED) is 0.278. The standard InChI is InChI=1S/C30H32N2O5/c1-3-5-18-36-24-17-16-22(19-25(24)35-4-2)27-26-28(37-32(27)23-14-10-7-11-15-23)30(34)31(29(26)33)20-21-12-8-6-9-13-21/h6-17,19,26-28H,3-5,18,20H2,1-2H3/t26-,27-,28-/m0/s1. The Morgan fingerprint density at radius 1 is 0.838 bits per heavy atom. The Labute approximate surface area is 217 Å². The molecule has 37 heavy (non-hydrogen) atoms. The zero-order chi connectivity index (χ0) is 25.8. The number of ether oxygens (including phenoxy) is 2. The fraction of sp³-hybridized carbons (Fsp3) is 0.333. The van der Waals surface area contributed by atoms with Crippen molar-refractivity contribution in [2.75, 3.05) is 18.3 Å². The first-order chi connectivity index (χ1) is 18.1. The molecule has 2 aliphatic rings. The van der Waals surface area contributed by atoms with Crippen molar-refractivity contribution in [3.63, 3.8) is 0 Å². The summed E-state index contributed by atoms with van der Waals surface area (Å²) in [4.78, 5) is 34.8. The molecule has 5 rings (SSSR count). The largest absolute Gasteiger partial charge is 0.490 e. The molecule has 0 N–H and O–H groups in total. The number of benzene rings is 3. The molecule has 2 aliphatic heterocycles. The van der Waals surface area contributed by atoms with Crippen LogP contribution in [0.4, 0.5) is 5.69 Å². The van der Waals surface area contributed by atoms with E-state index in [1.807, 2.05) is 85.8 Å². The number of carbonyl (C=O) groups is 2. The summed E-state index contributed by atoms with van der Waals surface area (Å²) < 4.78 is 11.9. The van der Waals surface area contributed by atoms with Crippen molar-refractivity contribution in [3.8, 4) is 11.5 Å². The molecule has 3 atom stereocenters. The van der Waals surface area contributed by atoms with Crippen LogP contribution in [-0.4, -0.2) is 36.0 Å². The molecule has 192 valence electrons. The lowest BCUT2D eigenvalue weighted by atomic mass is 9.90. The molecule has 0 aromatic heterocycles. The molecule has 2 saturated heterocycles. The van der Waals surface area contributed by atoms with Crippen molar-refractivity contribution < 1.29 is 23.9 Å². The smallest absolute Gasteiger partial charge is 0.262 e. The minimum atomic E-state index is -0.891. The van der Waals surface area contributed by atoms with Crippen molar-refractivity contribution in [3.05, 3.63) is 90.0 Å². The summed E-state index contributed by atoms with van der Waals surface area (Å²) in [6.07, 6.45) is 1.09. The zero-order valence-corrected chi connectivity index (χ0v) is 21.2. The number of imide groups is 1. The Kier molecular flexibility index (Phi) is 7.42. The molecule has 3 aromatic rings. The van der Waals surface area contributed by atoms with E-state index in [0.717, 1.165) is 29.7 Å². The second kappa shape index (κ2) is 11.0. The summed E-state index contributed by atoms with van der Waals surface area (Å²) in [5.74, 6) is 0.0545. The Morgan fingerprint density at radius 3 is 2.27 bits per heavy atom. The maximum Gasteiger partial charge on any atom is 0.262 e. The highest BCUT2D eigenvalue weighted by Crippen LogP contribution is 2.48. The maximum atomic E-state index is 13.8. The van der Waals surface area contributed by atoms with Gasteiger partial charge in [-0.15, -0.1) is 0 Å². The lowest BCUT2D eigenvalue weighted by Gasteiger charge is -2.29. The van der Waals surface area contributed by atoms with E-state index in [2.05, 4.69) is 6.92 Å². The van der Waals surface area contributed by atoms with Gasteiger partial charge in [0.15, 0.2) is 17.6 Å². The molecular formula is C30H32N2O5. The Hall–Kier alpha value is -3.84. The van der Waals surface area contributed by atoms with Gasteiger partial charge < -0.3 is 9.47 Å². The van der Waals surface area contributed by atoms with Gasteiger partial charge in [0, 0.05) is 0 Å². The van der Waals surface area contributed by atoms with Crippen molar-refractivity contribution in [1.82, 2.24) is 4.90 Å². The number of fused-ring (bicyclic) bond motifs is 1. The van der Waals surface area contributed by atoms with Gasteiger partial charge in [0.05, 0.1) is 31.5 Å². The fourth-order valence-corrected chi connectivity index (χ4v) is 4.95. The summed E-state index contributed by atoms with van der Waals surface area (Å²) >= 11 is 0. The number of carbonyl (C=O) groups excluding carboxylic acids is 2. The molecule has 0 unspecified atom stereocenters. The van der Waals surface area contributed by atoms with Gasteiger partial charge in [0.1, 0.15) is 5.92 Å². The van der Waals surface area contributed by atoms with E-state index in [1.54, 1.807) is 5.06 Å². The molecule has 3 aromatic carbocycles. The molecule has 0 saturated carbocycles. The van der Waals surface area contributed by atoms with Gasteiger partial charge >= 0.3 is 0 Å². The summed E-state index contributed by atoms with van der Waals surface area (Å²) in [7, 11) is 0. The average molecular weight is 501 g/mol. The molecule has 7 heteroatoms. The van der Waals surface area contributed by atoms with Crippen LogP contribution in [0.1, 0.15) is 43.9 Å². The normalized spacial score (nSPS) is 20.9. The van der Waals surface area contributed by atoms with Crippen LogP contribution < -0.4 is 14.5 Å². The average Bonchev–Trinajstić information content (AvgIpc) is 3.43. The number of hydroxylamine groups is 1. The first kappa shape index (κ1) is 24.8. The first-order valence-corrected chi connectivity index (χ1v) is 12.9. The zero-order valence-electron chi connectivity index (χ0n) is 21.2. The molecule has 0 bridgehead atoms. The van der Waals surface area contributed by atoms with Gasteiger partial charge in [0.25, 0.3) is 5.91 Å². The van der Waals surface area contributed by atoms with Crippen molar-refractivity contribution in [1.29, 1.82) is 0 Å². The highest BCUT2D eigenvalue weighted by molar-refractivity contribution is 6.07. The number of anilines is 1. The molecule has 2 amide bonds. The number of amides is 2. The second-order valence-corrected chi connectivity index (χ2v) is 9.25. The highest BCUT2D eigenvalue weighted by atomic mass is 16.7. The number of rotatable bonds is 10. The van der Waals surface area contributed by atoms with E-state index in [9.17, 15) is 9.59 Å². The Morgan fingerprint density at radius 2 is 1.57 bits per heavy atom. The van der Waals surface area contributed by atoms with Crippen LogP contribution in [-0.2, 0) is 21.0 Å². The number of hydrogen-bond acceptors (Lipinski definition) is 6.